The second-order valence-electron chi connectivity index (χ2n) is 8.15. The molecule has 0 spiro atoms. The van der Waals surface area contributed by atoms with Crippen LogP contribution in [-0.4, -0.2) is 54.8 Å². The highest BCUT2D eigenvalue weighted by Crippen LogP contribution is 2.21. The molecule has 0 bridgehead atoms. The fourth-order valence-electron chi connectivity index (χ4n) is 4.19. The summed E-state index contributed by atoms with van der Waals surface area (Å²) in [6.07, 6.45) is 2.34. The van der Waals surface area contributed by atoms with Gasteiger partial charge in [0.05, 0.1) is 6.54 Å². The highest BCUT2D eigenvalue weighted by atomic mass is 16.2. The zero-order chi connectivity index (χ0) is 21.6. The molecule has 0 aromatic heterocycles. The van der Waals surface area contributed by atoms with Crippen LogP contribution in [0.25, 0.3) is 0 Å². The Morgan fingerprint density at radius 1 is 1.00 bits per heavy atom. The van der Waals surface area contributed by atoms with Gasteiger partial charge in [0.15, 0.2) is 0 Å². The maximum absolute atomic E-state index is 12.4. The number of amides is 3. The Morgan fingerprint density at radius 3 is 2.48 bits per heavy atom. The van der Waals surface area contributed by atoms with Gasteiger partial charge in [0.25, 0.3) is 5.91 Å². The van der Waals surface area contributed by atoms with Crippen LogP contribution in [0, 0.1) is 0 Å². The van der Waals surface area contributed by atoms with E-state index in [4.69, 9.17) is 0 Å². The van der Waals surface area contributed by atoms with Crippen molar-refractivity contribution in [2.45, 2.75) is 31.8 Å². The van der Waals surface area contributed by atoms with Gasteiger partial charge in [-0.25, -0.2) is 0 Å². The van der Waals surface area contributed by atoms with Crippen molar-refractivity contribution in [2.24, 2.45) is 0 Å². The minimum atomic E-state index is -0.299. The summed E-state index contributed by atoms with van der Waals surface area (Å²) >= 11 is 0. The van der Waals surface area contributed by atoms with Crippen molar-refractivity contribution in [2.75, 3.05) is 31.1 Å². The lowest BCUT2D eigenvalue weighted by Crippen LogP contribution is -2.43. The minimum absolute atomic E-state index is 0.0552. The number of hydrogen-bond donors (Lipinski definition) is 2. The third kappa shape index (κ3) is 5.49. The molecule has 2 saturated heterocycles. The van der Waals surface area contributed by atoms with E-state index in [1.165, 1.54) is 5.56 Å². The normalized spacial score (nSPS) is 18.9. The molecule has 162 valence electrons. The smallest absolute Gasteiger partial charge is 0.251 e. The van der Waals surface area contributed by atoms with Crippen LogP contribution in [0.15, 0.2) is 54.6 Å². The molecule has 7 heteroatoms. The van der Waals surface area contributed by atoms with E-state index in [0.717, 1.165) is 38.2 Å². The summed E-state index contributed by atoms with van der Waals surface area (Å²) in [6, 6.07) is 17.3. The average molecular weight is 421 g/mol. The summed E-state index contributed by atoms with van der Waals surface area (Å²) in [7, 11) is 0. The summed E-state index contributed by atoms with van der Waals surface area (Å²) in [4.78, 5) is 40.5. The third-order valence-electron chi connectivity index (χ3n) is 5.81. The van der Waals surface area contributed by atoms with E-state index < -0.39 is 0 Å². The Kier molecular flexibility index (Phi) is 6.62. The maximum atomic E-state index is 12.4. The lowest BCUT2D eigenvalue weighted by molar-refractivity contribution is -0.120. The van der Waals surface area contributed by atoms with Crippen molar-refractivity contribution in [1.29, 1.82) is 0 Å². The lowest BCUT2D eigenvalue weighted by atomic mass is 10.2. The number of anilines is 1. The molecular weight excluding hydrogens is 392 g/mol. The highest BCUT2D eigenvalue weighted by molar-refractivity contribution is 5.98. The van der Waals surface area contributed by atoms with E-state index in [-0.39, 0.29) is 30.3 Å². The standard InChI is InChI=1S/C24H28N4O3/c29-22(26-20-12-14-27(17-20)16-18-5-2-1-3-6-18)15-25-24(31)19-8-10-21(11-9-19)28-13-4-7-23(28)30/h1-3,5-6,8-11,20H,4,7,12-17H2,(H,25,31)(H,26,29)/t20-/m1/s1. The van der Waals surface area contributed by atoms with Gasteiger partial charge < -0.3 is 15.5 Å². The predicted molar refractivity (Wildman–Crippen MR) is 119 cm³/mol. The van der Waals surface area contributed by atoms with Crippen LogP contribution in [0.5, 0.6) is 0 Å². The number of nitrogens with zero attached hydrogens (tertiary/aromatic N) is 2. The molecule has 1 atom stereocenters. The fraction of sp³-hybridized carbons (Fsp3) is 0.375. The zero-order valence-corrected chi connectivity index (χ0v) is 17.5. The quantitative estimate of drug-likeness (QED) is 0.717. The van der Waals surface area contributed by atoms with Gasteiger partial charge in [-0.1, -0.05) is 30.3 Å². The largest absolute Gasteiger partial charge is 0.350 e. The van der Waals surface area contributed by atoms with Gasteiger partial charge in [0.1, 0.15) is 0 Å². The van der Waals surface area contributed by atoms with Crippen molar-refractivity contribution in [3.05, 3.63) is 65.7 Å². The van der Waals surface area contributed by atoms with Gasteiger partial charge >= 0.3 is 0 Å². The zero-order valence-electron chi connectivity index (χ0n) is 17.5. The molecule has 0 saturated carbocycles. The molecule has 2 aliphatic heterocycles. The molecule has 0 unspecified atom stereocenters. The van der Waals surface area contributed by atoms with Gasteiger partial charge in [-0.2, -0.15) is 0 Å². The van der Waals surface area contributed by atoms with Crippen molar-refractivity contribution in [1.82, 2.24) is 15.5 Å². The first-order valence-electron chi connectivity index (χ1n) is 10.8. The van der Waals surface area contributed by atoms with Crippen molar-refractivity contribution >= 4 is 23.4 Å². The number of hydrogen-bond acceptors (Lipinski definition) is 4. The van der Waals surface area contributed by atoms with Crippen LogP contribution in [0.4, 0.5) is 5.69 Å². The number of nitrogens with one attached hydrogen (secondary N) is 2. The number of benzene rings is 2. The van der Waals surface area contributed by atoms with Crippen molar-refractivity contribution in [3.63, 3.8) is 0 Å². The van der Waals surface area contributed by atoms with Gasteiger partial charge in [-0.3, -0.25) is 19.3 Å². The summed E-state index contributed by atoms with van der Waals surface area (Å²) in [5.74, 6) is -0.367. The van der Waals surface area contributed by atoms with Crippen LogP contribution in [0.2, 0.25) is 0 Å². The first kappa shape index (κ1) is 21.1. The summed E-state index contributed by atoms with van der Waals surface area (Å²) < 4.78 is 0. The van der Waals surface area contributed by atoms with E-state index in [9.17, 15) is 14.4 Å². The molecule has 2 N–H and O–H groups in total. The Hall–Kier alpha value is -3.19. The predicted octanol–water partition coefficient (Wildman–Crippen LogP) is 1.93. The van der Waals surface area contributed by atoms with Gasteiger partial charge in [0.2, 0.25) is 11.8 Å². The van der Waals surface area contributed by atoms with Gasteiger partial charge in [-0.05, 0) is 42.7 Å². The molecule has 3 amide bonds. The molecule has 2 fully saturated rings. The molecule has 7 nitrogen and oxygen atoms in total. The fourth-order valence-corrected chi connectivity index (χ4v) is 4.19. The third-order valence-corrected chi connectivity index (χ3v) is 5.81. The Morgan fingerprint density at radius 2 is 1.77 bits per heavy atom. The number of carbonyl (C=O) groups excluding carboxylic acids is 3. The molecule has 2 heterocycles. The van der Waals surface area contributed by atoms with E-state index in [1.54, 1.807) is 29.2 Å². The van der Waals surface area contributed by atoms with Crippen molar-refractivity contribution < 1.29 is 14.4 Å². The first-order chi connectivity index (χ1) is 15.1. The van der Waals surface area contributed by atoms with Crippen LogP contribution < -0.4 is 15.5 Å². The number of carbonyl (C=O) groups is 3. The average Bonchev–Trinajstić information content (AvgIpc) is 3.41. The molecule has 4 rings (SSSR count). The SMILES string of the molecule is O=C(CNC(=O)c1ccc(N2CCCC2=O)cc1)N[C@@H]1CCN(Cc2ccccc2)C1. The molecule has 2 aliphatic rings. The Balaban J connectivity index is 1.20. The van der Waals surface area contributed by atoms with Gasteiger partial charge in [-0.15, -0.1) is 0 Å². The van der Waals surface area contributed by atoms with E-state index in [1.807, 2.05) is 18.2 Å². The van der Waals surface area contributed by atoms with E-state index in [0.29, 0.717) is 18.5 Å². The maximum Gasteiger partial charge on any atom is 0.251 e. The Bertz CT molecular complexity index is 930. The second-order valence-corrected chi connectivity index (χ2v) is 8.15. The topological polar surface area (TPSA) is 81.8 Å². The molecule has 2 aromatic rings. The Labute approximate surface area is 182 Å². The highest BCUT2D eigenvalue weighted by Gasteiger charge is 2.24. The first-order valence-corrected chi connectivity index (χ1v) is 10.8. The van der Waals surface area contributed by atoms with Crippen molar-refractivity contribution in [3.8, 4) is 0 Å². The van der Waals surface area contributed by atoms with Crippen LogP contribution in [0.3, 0.4) is 0 Å². The van der Waals surface area contributed by atoms with Crippen LogP contribution >= 0.6 is 0 Å². The van der Waals surface area contributed by atoms with Gasteiger partial charge in [0, 0.05) is 49.9 Å². The molecular formula is C24H28N4O3. The molecule has 2 aromatic carbocycles. The summed E-state index contributed by atoms with van der Waals surface area (Å²) in [5.41, 5.74) is 2.54. The lowest BCUT2D eigenvalue weighted by Gasteiger charge is -2.17. The van der Waals surface area contributed by atoms with Crippen LogP contribution in [0.1, 0.15) is 35.2 Å². The summed E-state index contributed by atoms with van der Waals surface area (Å²) in [6.45, 7) is 3.29. The molecule has 0 radical (unpaired) electrons. The molecule has 0 aliphatic carbocycles. The molecule has 31 heavy (non-hydrogen) atoms. The van der Waals surface area contributed by atoms with E-state index >= 15 is 0 Å². The number of rotatable bonds is 7. The monoisotopic (exact) mass is 420 g/mol. The number of likely N-dealkylation sites (tertiary alicyclic amines) is 1. The van der Waals surface area contributed by atoms with Crippen LogP contribution in [-0.2, 0) is 16.1 Å². The summed E-state index contributed by atoms with van der Waals surface area (Å²) in [5, 5.41) is 5.69. The minimum Gasteiger partial charge on any atom is -0.350 e. The van der Waals surface area contributed by atoms with E-state index in [2.05, 4.69) is 27.7 Å². The second kappa shape index (κ2) is 9.75.